The zero-order valence-corrected chi connectivity index (χ0v) is 19.3. The first kappa shape index (κ1) is 24.1. The molecule has 0 spiro atoms. The van der Waals surface area contributed by atoms with Crippen LogP contribution in [0.2, 0.25) is 0 Å². The highest BCUT2D eigenvalue weighted by molar-refractivity contribution is 7.14. The van der Waals surface area contributed by atoms with Crippen molar-refractivity contribution in [3.63, 3.8) is 0 Å². The van der Waals surface area contributed by atoms with Crippen LogP contribution in [0.3, 0.4) is 0 Å². The number of anilines is 2. The van der Waals surface area contributed by atoms with Gasteiger partial charge in [-0.05, 0) is 37.6 Å². The minimum absolute atomic E-state index is 0.129. The van der Waals surface area contributed by atoms with E-state index >= 15 is 0 Å². The molecule has 0 aliphatic carbocycles. The molecule has 0 atom stereocenters. The number of ether oxygens (including phenoxy) is 1. The number of thiazole rings is 1. The Morgan fingerprint density at radius 1 is 1.00 bits per heavy atom. The molecule has 32 heavy (non-hydrogen) atoms. The number of hydrogen-bond acceptors (Lipinski definition) is 4. The third kappa shape index (κ3) is 6.99. The quantitative estimate of drug-likeness (QED) is 0.290. The number of hydrogen-bond donors (Lipinski definition) is 1. The second kappa shape index (κ2) is 11.4. The normalized spacial score (nSPS) is 11.5. The van der Waals surface area contributed by atoms with Gasteiger partial charge in [0.05, 0.1) is 17.9 Å². The van der Waals surface area contributed by atoms with Crippen molar-refractivity contribution in [1.29, 1.82) is 0 Å². The molecule has 0 aliphatic heterocycles. The third-order valence-corrected chi connectivity index (χ3v) is 5.87. The Morgan fingerprint density at radius 2 is 1.78 bits per heavy atom. The highest BCUT2D eigenvalue weighted by atomic mass is 32.1. The summed E-state index contributed by atoms with van der Waals surface area (Å²) >= 11 is 1.35. The molecule has 0 amide bonds. The Balaban J connectivity index is 1.65. The lowest BCUT2D eigenvalue weighted by molar-refractivity contribution is -0.138. The molecular weight excluding hydrogens is 433 g/mol. The molecule has 0 radical (unpaired) electrons. The lowest BCUT2D eigenvalue weighted by atomic mass is 10.1. The van der Waals surface area contributed by atoms with Crippen molar-refractivity contribution in [2.75, 3.05) is 11.9 Å². The van der Waals surface area contributed by atoms with Crippen LogP contribution in [-0.2, 0) is 6.18 Å². The van der Waals surface area contributed by atoms with Crippen molar-refractivity contribution < 1.29 is 17.9 Å². The maximum Gasteiger partial charge on any atom is 0.420 e. The molecule has 0 fully saturated rings. The van der Waals surface area contributed by atoms with Crippen molar-refractivity contribution in [1.82, 2.24) is 4.98 Å². The number of benzene rings is 2. The van der Waals surface area contributed by atoms with Crippen LogP contribution in [0.4, 0.5) is 24.0 Å². The molecule has 172 valence electrons. The van der Waals surface area contributed by atoms with Gasteiger partial charge in [0.2, 0.25) is 0 Å². The fraction of sp³-hybridized carbons (Fsp3) is 0.400. The van der Waals surface area contributed by atoms with Crippen LogP contribution in [-0.4, -0.2) is 11.6 Å². The minimum atomic E-state index is -4.50. The van der Waals surface area contributed by atoms with Crippen molar-refractivity contribution in [3.05, 3.63) is 59.0 Å². The highest BCUT2D eigenvalue weighted by Crippen LogP contribution is 2.39. The molecule has 3 nitrogen and oxygen atoms in total. The van der Waals surface area contributed by atoms with E-state index < -0.39 is 11.7 Å². The molecule has 1 heterocycles. The fourth-order valence-electron chi connectivity index (χ4n) is 3.41. The molecule has 3 aromatic rings. The van der Waals surface area contributed by atoms with Crippen LogP contribution in [0, 0.1) is 6.92 Å². The van der Waals surface area contributed by atoms with Crippen molar-refractivity contribution in [3.8, 4) is 17.0 Å². The summed E-state index contributed by atoms with van der Waals surface area (Å²) in [6.45, 7) is 4.44. The number of unbranched alkanes of at least 4 members (excludes halogenated alkanes) is 5. The fourth-order valence-corrected chi connectivity index (χ4v) is 4.15. The van der Waals surface area contributed by atoms with Gasteiger partial charge in [-0.15, -0.1) is 11.3 Å². The van der Waals surface area contributed by atoms with Crippen LogP contribution in [0.5, 0.6) is 5.75 Å². The van der Waals surface area contributed by atoms with Crippen molar-refractivity contribution in [2.24, 2.45) is 0 Å². The largest absolute Gasteiger partial charge is 0.493 e. The van der Waals surface area contributed by atoms with Gasteiger partial charge in [-0.3, -0.25) is 0 Å². The van der Waals surface area contributed by atoms with Crippen molar-refractivity contribution in [2.45, 2.75) is 58.5 Å². The van der Waals surface area contributed by atoms with Crippen LogP contribution in [0.1, 0.15) is 56.6 Å². The third-order valence-electron chi connectivity index (χ3n) is 5.11. The molecule has 7 heteroatoms. The zero-order chi connectivity index (χ0) is 23.0. The Morgan fingerprint density at radius 3 is 2.53 bits per heavy atom. The molecule has 0 aliphatic rings. The van der Waals surface area contributed by atoms with E-state index in [0.717, 1.165) is 48.6 Å². The molecule has 0 saturated heterocycles. The van der Waals surface area contributed by atoms with Gasteiger partial charge in [-0.1, -0.05) is 62.8 Å². The van der Waals surface area contributed by atoms with Crippen LogP contribution >= 0.6 is 11.3 Å². The van der Waals surface area contributed by atoms with Crippen LogP contribution < -0.4 is 10.1 Å². The number of aryl methyl sites for hydroxylation is 1. The number of aromatic nitrogens is 1. The van der Waals surface area contributed by atoms with Gasteiger partial charge in [0, 0.05) is 16.6 Å². The van der Waals surface area contributed by atoms with Crippen LogP contribution in [0.15, 0.2) is 47.8 Å². The standard InChI is InChI=1S/C25H29F3N2OS/c1-3-4-5-6-7-8-14-31-23-13-12-20(16-21(23)25(26,27)28)29-24-30-22(17-32-24)19-11-9-10-18(2)15-19/h9-13,15-17H,3-8,14H2,1-2H3,(H,29,30). The summed E-state index contributed by atoms with van der Waals surface area (Å²) in [6, 6.07) is 12.0. The molecule has 0 saturated carbocycles. The van der Waals surface area contributed by atoms with Crippen molar-refractivity contribution >= 4 is 22.2 Å². The monoisotopic (exact) mass is 462 g/mol. The summed E-state index contributed by atoms with van der Waals surface area (Å²) in [4.78, 5) is 4.52. The van der Waals surface area contributed by atoms with E-state index in [1.807, 2.05) is 36.6 Å². The Hall–Kier alpha value is -2.54. The molecule has 1 aromatic heterocycles. The molecular formula is C25H29F3N2OS. The van der Waals surface area contributed by atoms with Gasteiger partial charge < -0.3 is 10.1 Å². The van der Waals surface area contributed by atoms with E-state index in [4.69, 9.17) is 4.74 Å². The Kier molecular flexibility index (Phi) is 8.56. The second-order valence-electron chi connectivity index (χ2n) is 7.86. The predicted molar refractivity (Wildman–Crippen MR) is 126 cm³/mol. The number of rotatable bonds is 11. The van der Waals surface area contributed by atoms with E-state index in [-0.39, 0.29) is 12.4 Å². The summed E-state index contributed by atoms with van der Waals surface area (Å²) in [5.74, 6) is -0.129. The number of nitrogens with one attached hydrogen (secondary N) is 1. The molecule has 1 N–H and O–H groups in total. The van der Waals surface area contributed by atoms with Gasteiger partial charge in [0.25, 0.3) is 0 Å². The molecule has 3 rings (SSSR count). The maximum absolute atomic E-state index is 13.6. The average molecular weight is 463 g/mol. The summed E-state index contributed by atoms with van der Waals surface area (Å²) in [7, 11) is 0. The zero-order valence-electron chi connectivity index (χ0n) is 18.5. The van der Waals surface area contributed by atoms with Gasteiger partial charge >= 0.3 is 6.18 Å². The smallest absolute Gasteiger partial charge is 0.420 e. The van der Waals surface area contributed by atoms with Gasteiger partial charge in [0.1, 0.15) is 5.75 Å². The van der Waals surface area contributed by atoms with Gasteiger partial charge in [0.15, 0.2) is 5.13 Å². The van der Waals surface area contributed by atoms with E-state index in [2.05, 4.69) is 17.2 Å². The Bertz CT molecular complexity index is 1000. The van der Waals surface area contributed by atoms with E-state index in [0.29, 0.717) is 10.8 Å². The highest BCUT2D eigenvalue weighted by Gasteiger charge is 2.34. The summed E-state index contributed by atoms with van der Waals surface area (Å²) in [5, 5.41) is 5.42. The first-order chi connectivity index (χ1) is 15.4. The van der Waals surface area contributed by atoms with E-state index in [1.54, 1.807) is 6.07 Å². The molecule has 2 aromatic carbocycles. The lowest BCUT2D eigenvalue weighted by Gasteiger charge is -2.15. The van der Waals surface area contributed by atoms with Crippen LogP contribution in [0.25, 0.3) is 11.3 Å². The van der Waals surface area contributed by atoms with E-state index in [1.165, 1.54) is 30.2 Å². The molecule has 0 unspecified atom stereocenters. The van der Waals surface area contributed by atoms with E-state index in [9.17, 15) is 13.2 Å². The Labute approximate surface area is 191 Å². The van der Waals surface area contributed by atoms with Gasteiger partial charge in [-0.2, -0.15) is 13.2 Å². The first-order valence-corrected chi connectivity index (χ1v) is 11.9. The number of halogens is 3. The minimum Gasteiger partial charge on any atom is -0.493 e. The summed E-state index contributed by atoms with van der Waals surface area (Å²) in [5.41, 5.74) is 2.44. The second-order valence-corrected chi connectivity index (χ2v) is 8.72. The lowest BCUT2D eigenvalue weighted by Crippen LogP contribution is -2.10. The number of alkyl halides is 3. The maximum atomic E-state index is 13.6. The average Bonchev–Trinajstić information content (AvgIpc) is 3.22. The SMILES string of the molecule is CCCCCCCCOc1ccc(Nc2nc(-c3cccc(C)c3)cs2)cc1C(F)(F)F. The van der Waals surface area contributed by atoms with Gasteiger partial charge in [-0.25, -0.2) is 4.98 Å². The summed E-state index contributed by atoms with van der Waals surface area (Å²) in [6.07, 6.45) is 1.83. The number of nitrogens with zero attached hydrogens (tertiary/aromatic N) is 1. The topological polar surface area (TPSA) is 34.1 Å². The predicted octanol–water partition coefficient (Wildman–Crippen LogP) is 8.62. The summed E-state index contributed by atoms with van der Waals surface area (Å²) < 4.78 is 46.4. The first-order valence-electron chi connectivity index (χ1n) is 11.0. The molecule has 0 bridgehead atoms.